The van der Waals surface area contributed by atoms with Crippen molar-refractivity contribution in [1.82, 2.24) is 9.55 Å². The summed E-state index contributed by atoms with van der Waals surface area (Å²) in [6, 6.07) is 1.63. The van der Waals surface area contributed by atoms with E-state index >= 15 is 0 Å². The number of aromatic nitrogens is 2. The van der Waals surface area contributed by atoms with Gasteiger partial charge in [0.2, 0.25) is 5.91 Å². The fourth-order valence-electron chi connectivity index (χ4n) is 5.97. The molecule has 0 spiro atoms. The molecule has 1 amide bonds. The fourth-order valence-corrected chi connectivity index (χ4v) is 5.97. The highest BCUT2D eigenvalue weighted by Crippen LogP contribution is 2.27. The maximum atomic E-state index is 12.7. The molecule has 2 heterocycles. The highest BCUT2D eigenvalue weighted by atomic mass is 16.6. The van der Waals surface area contributed by atoms with Gasteiger partial charge in [0.25, 0.3) is 0 Å². The van der Waals surface area contributed by atoms with Crippen LogP contribution in [0.25, 0.3) is 0 Å². The number of hydrogen-bond donors (Lipinski definition) is 1. The third kappa shape index (κ3) is 24.2. The van der Waals surface area contributed by atoms with Crippen molar-refractivity contribution in [3.8, 4) is 0 Å². The molecule has 0 bridgehead atoms. The number of ether oxygens (including phenoxy) is 2. The fraction of sp³-hybridized carbons (Fsp3) is 0.600. The minimum atomic E-state index is -0.473. The molecule has 1 aromatic rings. The SMILES string of the molecule is CC/C=C\C/C=C\C/C=C\CCCCCCCC(=O)Nc1ccn(C2CC[C@@H](COC(=O)CCCCCCC/C=C\C/C=C\C/C=C\CC)O2)c(=O)n1. The Morgan fingerprint density at radius 1 is 0.717 bits per heavy atom. The summed E-state index contributed by atoms with van der Waals surface area (Å²) >= 11 is 0. The lowest BCUT2D eigenvalue weighted by Crippen LogP contribution is -2.29. The van der Waals surface area contributed by atoms with E-state index in [4.69, 9.17) is 9.47 Å². The van der Waals surface area contributed by atoms with Gasteiger partial charge in [-0.1, -0.05) is 125 Å². The molecule has 0 radical (unpaired) electrons. The van der Waals surface area contributed by atoms with Gasteiger partial charge in [-0.05, 0) is 96.0 Å². The largest absolute Gasteiger partial charge is 0.463 e. The summed E-state index contributed by atoms with van der Waals surface area (Å²) < 4.78 is 12.9. The maximum absolute atomic E-state index is 12.7. The van der Waals surface area contributed by atoms with Gasteiger partial charge in [0.15, 0.2) is 0 Å². The van der Waals surface area contributed by atoms with Crippen molar-refractivity contribution in [2.75, 3.05) is 11.9 Å². The first kappa shape index (κ1) is 45.4. The van der Waals surface area contributed by atoms with Crippen LogP contribution in [0.15, 0.2) is 90.0 Å². The van der Waals surface area contributed by atoms with Crippen molar-refractivity contribution in [3.63, 3.8) is 0 Å². The van der Waals surface area contributed by atoms with Crippen LogP contribution in [0.2, 0.25) is 0 Å². The van der Waals surface area contributed by atoms with Crippen LogP contribution in [0.4, 0.5) is 5.82 Å². The van der Waals surface area contributed by atoms with Crippen molar-refractivity contribution >= 4 is 17.7 Å². The van der Waals surface area contributed by atoms with Gasteiger partial charge in [-0.2, -0.15) is 4.98 Å². The van der Waals surface area contributed by atoms with E-state index in [1.54, 1.807) is 12.3 Å². The first-order valence-electron chi connectivity index (χ1n) is 20.6. The summed E-state index contributed by atoms with van der Waals surface area (Å²) in [7, 11) is 0. The van der Waals surface area contributed by atoms with Crippen molar-refractivity contribution in [2.24, 2.45) is 0 Å². The van der Waals surface area contributed by atoms with Gasteiger partial charge in [-0.15, -0.1) is 0 Å². The predicted octanol–water partition coefficient (Wildman–Crippen LogP) is 11.6. The third-order valence-electron chi connectivity index (χ3n) is 9.01. The monoisotopic (exact) mass is 732 g/mol. The van der Waals surface area contributed by atoms with Crippen LogP contribution in [0, 0.1) is 0 Å². The summed E-state index contributed by atoms with van der Waals surface area (Å²) in [6.07, 6.45) is 48.6. The quantitative estimate of drug-likeness (QED) is 0.0480. The number of carbonyl (C=O) groups excluding carboxylic acids is 2. The van der Waals surface area contributed by atoms with E-state index < -0.39 is 11.9 Å². The normalized spacial score (nSPS) is 16.5. The average molecular weight is 732 g/mol. The number of esters is 1. The molecule has 1 N–H and O–H groups in total. The van der Waals surface area contributed by atoms with Gasteiger partial charge in [0.05, 0.1) is 6.10 Å². The number of nitrogens with zero attached hydrogens (tertiary/aromatic N) is 2. The Hall–Kier alpha value is -3.78. The molecule has 0 saturated carbocycles. The van der Waals surface area contributed by atoms with Gasteiger partial charge >= 0.3 is 11.7 Å². The van der Waals surface area contributed by atoms with E-state index in [0.29, 0.717) is 25.7 Å². The molecule has 1 aliphatic rings. The molecule has 1 aliphatic heterocycles. The molecule has 0 aromatic carbocycles. The molecule has 2 rings (SSSR count). The molecule has 2 atom stereocenters. The Labute approximate surface area is 320 Å². The molecule has 1 saturated heterocycles. The average Bonchev–Trinajstić information content (AvgIpc) is 3.62. The van der Waals surface area contributed by atoms with Crippen LogP contribution >= 0.6 is 0 Å². The predicted molar refractivity (Wildman–Crippen MR) is 220 cm³/mol. The van der Waals surface area contributed by atoms with E-state index in [1.165, 1.54) is 23.8 Å². The van der Waals surface area contributed by atoms with E-state index in [1.807, 2.05) is 0 Å². The van der Waals surface area contributed by atoms with Crippen molar-refractivity contribution in [3.05, 3.63) is 95.7 Å². The van der Waals surface area contributed by atoms with Crippen LogP contribution in [0.1, 0.15) is 161 Å². The zero-order valence-corrected chi connectivity index (χ0v) is 32.9. The maximum Gasteiger partial charge on any atom is 0.351 e. The molecule has 294 valence electrons. The van der Waals surface area contributed by atoms with Gasteiger partial charge in [0.1, 0.15) is 18.7 Å². The summed E-state index contributed by atoms with van der Waals surface area (Å²) in [5, 5.41) is 2.75. The summed E-state index contributed by atoms with van der Waals surface area (Å²) in [4.78, 5) is 41.5. The smallest absolute Gasteiger partial charge is 0.351 e. The van der Waals surface area contributed by atoms with E-state index in [0.717, 1.165) is 96.3 Å². The van der Waals surface area contributed by atoms with Crippen LogP contribution in [-0.2, 0) is 19.1 Å². The molecule has 0 aliphatic carbocycles. The van der Waals surface area contributed by atoms with Crippen LogP contribution in [0.3, 0.4) is 0 Å². The second-order valence-corrected chi connectivity index (χ2v) is 13.7. The summed E-state index contributed by atoms with van der Waals surface area (Å²) in [5.41, 5.74) is -0.473. The van der Waals surface area contributed by atoms with Crippen molar-refractivity contribution < 1.29 is 19.1 Å². The van der Waals surface area contributed by atoms with Gasteiger partial charge in [0, 0.05) is 19.0 Å². The number of anilines is 1. The number of nitrogens with one attached hydrogen (secondary N) is 1. The Morgan fingerprint density at radius 3 is 1.79 bits per heavy atom. The van der Waals surface area contributed by atoms with E-state index in [9.17, 15) is 14.4 Å². The number of carbonyl (C=O) groups is 2. The molecular formula is C45H69N3O5. The number of hydrogen-bond acceptors (Lipinski definition) is 6. The second-order valence-electron chi connectivity index (χ2n) is 13.7. The lowest BCUT2D eigenvalue weighted by Gasteiger charge is -2.16. The lowest BCUT2D eigenvalue weighted by molar-refractivity contribution is -0.148. The molecular weight excluding hydrogens is 663 g/mol. The third-order valence-corrected chi connectivity index (χ3v) is 9.01. The molecule has 53 heavy (non-hydrogen) atoms. The minimum Gasteiger partial charge on any atom is -0.463 e. The number of allylic oxidation sites excluding steroid dienone is 12. The van der Waals surface area contributed by atoms with Gasteiger partial charge < -0.3 is 14.8 Å². The van der Waals surface area contributed by atoms with Gasteiger partial charge in [-0.25, -0.2) is 4.79 Å². The van der Waals surface area contributed by atoms with E-state index in [2.05, 4.69) is 97.1 Å². The zero-order chi connectivity index (χ0) is 38.0. The molecule has 1 unspecified atom stereocenters. The molecule has 8 nitrogen and oxygen atoms in total. The van der Waals surface area contributed by atoms with Crippen LogP contribution in [0.5, 0.6) is 0 Å². The Balaban J connectivity index is 1.49. The minimum absolute atomic E-state index is 0.131. The number of unbranched alkanes of at least 4 members (excludes halogenated alkanes) is 10. The second kappa shape index (κ2) is 31.7. The Morgan fingerprint density at radius 2 is 1.23 bits per heavy atom. The standard InChI is InChI=1S/C45H69N3O5/c1-3-5-7-9-11-13-15-17-19-21-23-25-27-29-31-33-42(49)46-41-37-38-48(45(51)47-41)43-36-35-40(53-43)39-52-44(50)34-32-30-28-26-24-22-20-18-16-14-12-10-8-6-4-2/h5-8,11-14,17-20,37-38,40,43H,3-4,9-10,15-16,21-36,39H2,1-2H3,(H,46,47,49,51)/b7-5-,8-6-,13-11-,14-12-,19-17-,20-18-/t40-,43?/m0/s1. The zero-order valence-electron chi connectivity index (χ0n) is 32.9. The number of amides is 1. The van der Waals surface area contributed by atoms with Crippen molar-refractivity contribution in [1.29, 1.82) is 0 Å². The highest BCUT2D eigenvalue weighted by Gasteiger charge is 2.28. The molecule has 1 fully saturated rings. The van der Waals surface area contributed by atoms with Crippen molar-refractivity contribution in [2.45, 2.75) is 167 Å². The Bertz CT molecular complexity index is 1360. The van der Waals surface area contributed by atoms with Gasteiger partial charge in [-0.3, -0.25) is 14.2 Å². The lowest BCUT2D eigenvalue weighted by atomic mass is 10.1. The van der Waals surface area contributed by atoms with Crippen LogP contribution < -0.4 is 11.0 Å². The summed E-state index contributed by atoms with van der Waals surface area (Å²) in [5.74, 6) is -0.0752. The number of rotatable bonds is 30. The highest BCUT2D eigenvalue weighted by molar-refractivity contribution is 5.89. The first-order valence-corrected chi connectivity index (χ1v) is 20.6. The Kier molecular flexibility index (Phi) is 27.2. The summed E-state index contributed by atoms with van der Waals surface area (Å²) in [6.45, 7) is 4.48. The van der Waals surface area contributed by atoms with Crippen LogP contribution in [-0.4, -0.2) is 34.1 Å². The molecule has 1 aromatic heterocycles. The first-order chi connectivity index (χ1) is 26.0. The molecule has 8 heteroatoms. The topological polar surface area (TPSA) is 99.5 Å². The van der Waals surface area contributed by atoms with E-state index in [-0.39, 0.29) is 30.4 Å².